The molecule has 0 fully saturated rings. The van der Waals surface area contributed by atoms with Gasteiger partial charge in [0.2, 0.25) is 0 Å². The first kappa shape index (κ1) is 15.6. The van der Waals surface area contributed by atoms with Gasteiger partial charge < -0.3 is 9.66 Å². The summed E-state index contributed by atoms with van der Waals surface area (Å²) in [6.45, 7) is 0. The van der Waals surface area contributed by atoms with Crippen molar-refractivity contribution in [1.82, 2.24) is 0 Å². The van der Waals surface area contributed by atoms with Crippen molar-refractivity contribution < 1.29 is 14.5 Å². The van der Waals surface area contributed by atoms with Crippen molar-refractivity contribution in [2.45, 2.75) is 24.2 Å². The van der Waals surface area contributed by atoms with Crippen LogP contribution in [0.3, 0.4) is 0 Å². The lowest BCUT2D eigenvalue weighted by molar-refractivity contribution is -0.136. The van der Waals surface area contributed by atoms with Gasteiger partial charge in [-0.3, -0.25) is 4.79 Å². The summed E-state index contributed by atoms with van der Waals surface area (Å²) in [6, 6.07) is 17.1. The second kappa shape index (κ2) is 7.86. The summed E-state index contributed by atoms with van der Waals surface area (Å²) in [7, 11) is 0. The van der Waals surface area contributed by atoms with E-state index in [0.29, 0.717) is 5.75 Å². The summed E-state index contributed by atoms with van der Waals surface area (Å²) in [6.07, 6.45) is 1.75. The number of aryl methyl sites for hydroxylation is 1. The number of carboxylic acid groups (broad SMARTS) is 1. The first-order chi connectivity index (χ1) is 10.1. The third-order valence-corrected chi connectivity index (χ3v) is 4.64. The van der Waals surface area contributed by atoms with Crippen molar-refractivity contribution in [1.29, 1.82) is 0 Å². The van der Waals surface area contributed by atoms with Crippen LogP contribution in [-0.4, -0.2) is 21.4 Å². The van der Waals surface area contributed by atoms with Crippen LogP contribution in [0.5, 0.6) is 0 Å². The molecule has 110 valence electrons. The van der Waals surface area contributed by atoms with E-state index < -0.39 is 17.1 Å². The van der Waals surface area contributed by atoms with Crippen molar-refractivity contribution in [3.05, 3.63) is 65.7 Å². The molecule has 0 amide bonds. The summed E-state index contributed by atoms with van der Waals surface area (Å²) in [5.74, 6) is -0.179. The molecule has 1 atom stereocenters. The van der Waals surface area contributed by atoms with Gasteiger partial charge in [0, 0.05) is 0 Å². The molecule has 2 rings (SSSR count). The quantitative estimate of drug-likeness (QED) is 0.800. The predicted molar refractivity (Wildman–Crippen MR) is 83.8 cm³/mol. The van der Waals surface area contributed by atoms with E-state index in [1.807, 2.05) is 54.6 Å². The summed E-state index contributed by atoms with van der Waals surface area (Å²) < 4.78 is 12.1. The van der Waals surface area contributed by atoms with Crippen LogP contribution in [0.1, 0.15) is 17.5 Å². The van der Waals surface area contributed by atoms with Crippen LogP contribution in [0, 0.1) is 0 Å². The first-order valence-corrected chi connectivity index (χ1v) is 8.20. The second-order valence-corrected chi connectivity index (χ2v) is 6.42. The number of hydrogen-bond acceptors (Lipinski definition) is 2. The number of hydrogen-bond donors (Lipinski definition) is 1. The SMILES string of the molecule is O=C(O)Cc1ccc(CCC[S+]([O-])c2ccccc2)cc1. The zero-order valence-electron chi connectivity index (χ0n) is 11.7. The molecule has 2 aromatic carbocycles. The molecule has 2 aromatic rings. The molecule has 3 nitrogen and oxygen atoms in total. The van der Waals surface area contributed by atoms with E-state index >= 15 is 0 Å². The minimum atomic E-state index is -0.947. The van der Waals surface area contributed by atoms with Gasteiger partial charge >= 0.3 is 5.97 Å². The highest BCUT2D eigenvalue weighted by Gasteiger charge is 2.09. The van der Waals surface area contributed by atoms with Crippen molar-refractivity contribution in [3.63, 3.8) is 0 Å². The van der Waals surface area contributed by atoms with Crippen LogP contribution < -0.4 is 0 Å². The summed E-state index contributed by atoms with van der Waals surface area (Å²) in [5, 5.41) is 8.71. The first-order valence-electron chi connectivity index (χ1n) is 6.88. The fourth-order valence-corrected chi connectivity index (χ4v) is 3.20. The third-order valence-electron chi connectivity index (χ3n) is 3.18. The van der Waals surface area contributed by atoms with Crippen molar-refractivity contribution in [2.75, 3.05) is 5.75 Å². The van der Waals surface area contributed by atoms with Crippen molar-refractivity contribution in [2.24, 2.45) is 0 Å². The lowest BCUT2D eigenvalue weighted by atomic mass is 10.1. The van der Waals surface area contributed by atoms with Gasteiger partial charge in [-0.1, -0.05) is 42.5 Å². The van der Waals surface area contributed by atoms with Crippen molar-refractivity contribution in [3.8, 4) is 0 Å². The van der Waals surface area contributed by atoms with E-state index in [4.69, 9.17) is 5.11 Å². The molecule has 4 heteroatoms. The molecular formula is C17H18O3S. The number of carbonyl (C=O) groups is 1. The second-order valence-electron chi connectivity index (χ2n) is 4.85. The fraction of sp³-hybridized carbons (Fsp3) is 0.235. The van der Waals surface area contributed by atoms with Gasteiger partial charge in [-0.15, -0.1) is 0 Å². The Kier molecular flexibility index (Phi) is 5.84. The van der Waals surface area contributed by atoms with Crippen LogP contribution in [0.15, 0.2) is 59.5 Å². The molecule has 0 saturated heterocycles. The Morgan fingerprint density at radius 3 is 2.24 bits per heavy atom. The van der Waals surface area contributed by atoms with Crippen LogP contribution in [0.4, 0.5) is 0 Å². The molecule has 21 heavy (non-hydrogen) atoms. The normalized spacial score (nSPS) is 12.0. The van der Waals surface area contributed by atoms with E-state index in [9.17, 15) is 9.35 Å². The molecule has 0 heterocycles. The Hall–Kier alpha value is -1.78. The smallest absolute Gasteiger partial charge is 0.307 e. The Bertz CT molecular complexity index is 566. The van der Waals surface area contributed by atoms with E-state index in [-0.39, 0.29) is 6.42 Å². The summed E-state index contributed by atoms with van der Waals surface area (Å²) in [4.78, 5) is 11.5. The van der Waals surface area contributed by atoms with Gasteiger partial charge in [0.25, 0.3) is 0 Å². The minimum Gasteiger partial charge on any atom is -0.611 e. The maximum Gasteiger partial charge on any atom is 0.307 e. The molecule has 0 bridgehead atoms. The Labute approximate surface area is 127 Å². The molecule has 0 aliphatic carbocycles. The monoisotopic (exact) mass is 302 g/mol. The zero-order chi connectivity index (χ0) is 15.1. The lowest BCUT2D eigenvalue weighted by Crippen LogP contribution is -2.07. The number of aliphatic carboxylic acids is 1. The molecule has 0 spiro atoms. The van der Waals surface area contributed by atoms with Crippen LogP contribution in [0.2, 0.25) is 0 Å². The molecule has 1 unspecified atom stereocenters. The van der Waals surface area contributed by atoms with Gasteiger partial charge in [-0.2, -0.15) is 0 Å². The Morgan fingerprint density at radius 1 is 1.00 bits per heavy atom. The average molecular weight is 302 g/mol. The molecular weight excluding hydrogens is 284 g/mol. The van der Waals surface area contributed by atoms with Gasteiger partial charge in [0.05, 0.1) is 6.42 Å². The molecule has 0 saturated carbocycles. The topological polar surface area (TPSA) is 60.4 Å². The molecule has 0 aliphatic rings. The highest BCUT2D eigenvalue weighted by atomic mass is 32.2. The minimum absolute atomic E-state index is 0.0539. The Morgan fingerprint density at radius 2 is 1.62 bits per heavy atom. The largest absolute Gasteiger partial charge is 0.611 e. The molecule has 0 aliphatic heterocycles. The Balaban J connectivity index is 1.79. The molecule has 1 N–H and O–H groups in total. The lowest BCUT2D eigenvalue weighted by Gasteiger charge is -2.10. The maximum atomic E-state index is 12.1. The number of rotatable bonds is 7. The standard InChI is InChI=1S/C17H18O3S/c18-17(19)13-15-10-8-14(9-11-15)5-4-12-21(20)16-6-2-1-3-7-16/h1-3,6-11H,4-5,12-13H2,(H,18,19). The highest BCUT2D eigenvalue weighted by molar-refractivity contribution is 7.91. The highest BCUT2D eigenvalue weighted by Crippen LogP contribution is 2.13. The predicted octanol–water partition coefficient (Wildman–Crippen LogP) is 3.05. The van der Waals surface area contributed by atoms with Gasteiger partial charge in [0.15, 0.2) is 4.90 Å². The van der Waals surface area contributed by atoms with E-state index in [0.717, 1.165) is 28.9 Å². The molecule has 0 aromatic heterocycles. The average Bonchev–Trinajstić information content (AvgIpc) is 2.49. The van der Waals surface area contributed by atoms with Gasteiger partial charge in [0.1, 0.15) is 5.75 Å². The van der Waals surface area contributed by atoms with Gasteiger partial charge in [-0.05, 0) is 47.3 Å². The van der Waals surface area contributed by atoms with Gasteiger partial charge in [-0.25, -0.2) is 0 Å². The maximum absolute atomic E-state index is 12.1. The van der Waals surface area contributed by atoms with Crippen LogP contribution in [0.25, 0.3) is 0 Å². The van der Waals surface area contributed by atoms with E-state index in [1.165, 1.54) is 0 Å². The number of benzene rings is 2. The van der Waals surface area contributed by atoms with Crippen LogP contribution >= 0.6 is 0 Å². The fourth-order valence-electron chi connectivity index (χ4n) is 2.10. The third kappa shape index (κ3) is 5.25. The van der Waals surface area contributed by atoms with Crippen molar-refractivity contribution >= 4 is 17.1 Å². The van der Waals surface area contributed by atoms with E-state index in [2.05, 4.69) is 0 Å². The summed E-state index contributed by atoms with van der Waals surface area (Å²) >= 11 is -0.947. The van der Waals surface area contributed by atoms with E-state index in [1.54, 1.807) is 0 Å². The number of carboxylic acids is 1. The molecule has 0 radical (unpaired) electrons. The summed E-state index contributed by atoms with van der Waals surface area (Å²) in [5.41, 5.74) is 1.95. The van der Waals surface area contributed by atoms with Crippen LogP contribution in [-0.2, 0) is 28.8 Å². The zero-order valence-corrected chi connectivity index (χ0v) is 12.5.